The highest BCUT2D eigenvalue weighted by Gasteiger charge is 2.47. The molecule has 1 aromatic carbocycles. The number of carbonyl (C=O) groups is 2. The Morgan fingerprint density at radius 2 is 1.90 bits per heavy atom. The van der Waals surface area contributed by atoms with E-state index < -0.39 is 5.54 Å². The van der Waals surface area contributed by atoms with Crippen LogP contribution in [0.25, 0.3) is 0 Å². The lowest BCUT2D eigenvalue weighted by molar-refractivity contribution is -0.137. The van der Waals surface area contributed by atoms with Crippen molar-refractivity contribution in [1.82, 2.24) is 5.32 Å². The van der Waals surface area contributed by atoms with E-state index in [9.17, 15) is 9.59 Å². The van der Waals surface area contributed by atoms with Crippen molar-refractivity contribution in [2.24, 2.45) is 0 Å². The Hall–Kier alpha value is -1.07. The van der Waals surface area contributed by atoms with Crippen LogP contribution in [0.5, 0.6) is 0 Å². The molecule has 4 nitrogen and oxygen atoms in total. The molecule has 21 heavy (non-hydrogen) atoms. The fourth-order valence-corrected chi connectivity index (χ4v) is 4.00. The van der Waals surface area contributed by atoms with Gasteiger partial charge in [0.2, 0.25) is 5.91 Å². The number of carbonyl (C=O) groups excluding carboxylic acids is 2. The van der Waals surface area contributed by atoms with E-state index in [4.69, 9.17) is 11.6 Å². The lowest BCUT2D eigenvalue weighted by Crippen LogP contribution is -2.67. The van der Waals surface area contributed by atoms with Gasteiger partial charge < -0.3 is 5.32 Å². The molecule has 1 N–H and O–H groups in total. The molecule has 2 fully saturated rings. The van der Waals surface area contributed by atoms with Gasteiger partial charge in [0.05, 0.1) is 10.7 Å². The first-order chi connectivity index (χ1) is 10.0. The summed E-state index contributed by atoms with van der Waals surface area (Å²) in [6, 6.07) is 5.35. The first-order valence-corrected chi connectivity index (χ1v) is 8.27. The second-order valence-corrected chi connectivity index (χ2v) is 7.00. The minimum Gasteiger partial charge on any atom is -0.340 e. The van der Waals surface area contributed by atoms with Crippen LogP contribution >= 0.6 is 27.5 Å². The summed E-state index contributed by atoms with van der Waals surface area (Å²) in [5, 5.41) is 3.40. The molecule has 1 spiro atoms. The predicted molar refractivity (Wildman–Crippen MR) is 85.5 cm³/mol. The Morgan fingerprint density at radius 3 is 2.57 bits per heavy atom. The highest BCUT2D eigenvalue weighted by atomic mass is 79.9. The molecule has 2 aliphatic rings. The summed E-state index contributed by atoms with van der Waals surface area (Å²) < 4.78 is 0.845. The summed E-state index contributed by atoms with van der Waals surface area (Å²) in [7, 11) is 0. The zero-order valence-corrected chi connectivity index (χ0v) is 13.8. The maximum atomic E-state index is 12.9. The highest BCUT2D eigenvalue weighted by Crippen LogP contribution is 2.36. The minimum atomic E-state index is -0.732. The van der Waals surface area contributed by atoms with Crippen molar-refractivity contribution in [3.63, 3.8) is 0 Å². The Balaban J connectivity index is 1.97. The maximum Gasteiger partial charge on any atom is 0.253 e. The van der Waals surface area contributed by atoms with E-state index in [0.717, 1.165) is 23.7 Å². The third-order valence-corrected chi connectivity index (χ3v) is 5.04. The van der Waals surface area contributed by atoms with Crippen LogP contribution in [0.3, 0.4) is 0 Å². The topological polar surface area (TPSA) is 49.4 Å². The third kappa shape index (κ3) is 2.69. The summed E-state index contributed by atoms with van der Waals surface area (Å²) in [5.74, 6) is -0.151. The number of halogens is 2. The second-order valence-electron chi connectivity index (χ2n) is 5.68. The molecule has 1 aromatic rings. The van der Waals surface area contributed by atoms with Gasteiger partial charge in [0, 0.05) is 4.47 Å². The number of piperazine rings is 1. The molecule has 1 aliphatic heterocycles. The number of nitrogens with one attached hydrogen (secondary N) is 1. The number of rotatable bonds is 1. The Labute approximate surface area is 137 Å². The van der Waals surface area contributed by atoms with Gasteiger partial charge in [0.1, 0.15) is 12.1 Å². The largest absolute Gasteiger partial charge is 0.340 e. The average Bonchev–Trinajstić information content (AvgIpc) is 2.44. The van der Waals surface area contributed by atoms with Gasteiger partial charge in [-0.15, -0.1) is 0 Å². The van der Waals surface area contributed by atoms with Crippen molar-refractivity contribution in [3.05, 3.63) is 27.7 Å². The van der Waals surface area contributed by atoms with Crippen LogP contribution in [0.15, 0.2) is 22.7 Å². The Kier molecular flexibility index (Phi) is 3.97. The van der Waals surface area contributed by atoms with E-state index in [2.05, 4.69) is 21.2 Å². The first-order valence-electron chi connectivity index (χ1n) is 7.10. The Morgan fingerprint density at radius 1 is 1.19 bits per heavy atom. The number of benzene rings is 1. The van der Waals surface area contributed by atoms with Crippen LogP contribution in [0.2, 0.25) is 5.02 Å². The van der Waals surface area contributed by atoms with Crippen molar-refractivity contribution in [2.45, 2.75) is 37.6 Å². The third-order valence-electron chi connectivity index (χ3n) is 4.24. The maximum absolute atomic E-state index is 12.9. The average molecular weight is 372 g/mol. The van der Waals surface area contributed by atoms with Gasteiger partial charge in [0.15, 0.2) is 0 Å². The van der Waals surface area contributed by atoms with Crippen molar-refractivity contribution in [3.8, 4) is 0 Å². The van der Waals surface area contributed by atoms with E-state index >= 15 is 0 Å². The van der Waals surface area contributed by atoms with Gasteiger partial charge in [-0.05, 0) is 31.0 Å². The van der Waals surface area contributed by atoms with Crippen LogP contribution in [-0.2, 0) is 9.59 Å². The molecule has 1 aliphatic carbocycles. The second kappa shape index (κ2) is 5.61. The van der Waals surface area contributed by atoms with E-state index in [-0.39, 0.29) is 18.4 Å². The van der Waals surface area contributed by atoms with Crippen LogP contribution < -0.4 is 10.2 Å². The number of anilines is 1. The normalized spacial score (nSPS) is 21.5. The fraction of sp³-hybridized carbons (Fsp3) is 0.467. The number of hydrogen-bond acceptors (Lipinski definition) is 2. The summed E-state index contributed by atoms with van der Waals surface area (Å²) in [5.41, 5.74) is -0.131. The molecule has 1 saturated carbocycles. The summed E-state index contributed by atoms with van der Waals surface area (Å²) in [6.07, 6.45) is 4.47. The minimum absolute atomic E-state index is 0.0297. The van der Waals surface area contributed by atoms with Gasteiger partial charge in [0.25, 0.3) is 5.91 Å². The summed E-state index contributed by atoms with van der Waals surface area (Å²) in [6.45, 7) is 0.0297. The van der Waals surface area contributed by atoms with Crippen molar-refractivity contribution < 1.29 is 9.59 Å². The summed E-state index contributed by atoms with van der Waals surface area (Å²) in [4.78, 5) is 26.5. The van der Waals surface area contributed by atoms with Gasteiger partial charge in [-0.25, -0.2) is 0 Å². The van der Waals surface area contributed by atoms with Gasteiger partial charge in [-0.3, -0.25) is 14.5 Å². The van der Waals surface area contributed by atoms with Crippen LogP contribution in [0.4, 0.5) is 5.69 Å². The Bertz CT molecular complexity index is 599. The molecule has 0 radical (unpaired) electrons. The van der Waals surface area contributed by atoms with Crippen molar-refractivity contribution >= 4 is 45.0 Å². The zero-order chi connectivity index (χ0) is 15.0. The molecule has 0 bridgehead atoms. The molecule has 0 unspecified atom stereocenters. The van der Waals surface area contributed by atoms with E-state index in [1.54, 1.807) is 12.1 Å². The molecule has 1 heterocycles. The lowest BCUT2D eigenvalue weighted by atomic mass is 9.79. The number of hydrogen-bond donors (Lipinski definition) is 1. The van der Waals surface area contributed by atoms with E-state index in [1.165, 1.54) is 4.90 Å². The molecule has 0 aromatic heterocycles. The van der Waals surface area contributed by atoms with Crippen molar-refractivity contribution in [2.75, 3.05) is 11.4 Å². The SMILES string of the molecule is O=C1CN(c2ccc(Br)cc2Cl)C(=O)C2(CCCCC2)N1. The standard InChI is InChI=1S/C15H16BrClN2O2/c16-10-4-5-12(11(17)8-10)19-9-13(20)18-15(14(19)21)6-2-1-3-7-15/h4-5,8H,1-3,6-7,9H2,(H,18,20). The highest BCUT2D eigenvalue weighted by molar-refractivity contribution is 9.10. The molecule has 112 valence electrons. The molecule has 3 rings (SSSR count). The molecular formula is C15H16BrClN2O2. The zero-order valence-electron chi connectivity index (χ0n) is 11.5. The van der Waals surface area contributed by atoms with E-state index in [1.807, 2.05) is 6.07 Å². The molecule has 1 saturated heterocycles. The van der Waals surface area contributed by atoms with Gasteiger partial charge in [-0.2, -0.15) is 0 Å². The van der Waals surface area contributed by atoms with Crippen molar-refractivity contribution in [1.29, 1.82) is 0 Å². The molecular weight excluding hydrogens is 356 g/mol. The van der Waals surface area contributed by atoms with Gasteiger partial charge in [-0.1, -0.05) is 46.8 Å². The van der Waals surface area contributed by atoms with Crippen LogP contribution in [0.1, 0.15) is 32.1 Å². The van der Waals surface area contributed by atoms with Crippen LogP contribution in [-0.4, -0.2) is 23.9 Å². The molecule has 6 heteroatoms. The fourth-order valence-electron chi connectivity index (χ4n) is 3.22. The molecule has 2 amide bonds. The van der Waals surface area contributed by atoms with Gasteiger partial charge >= 0.3 is 0 Å². The monoisotopic (exact) mass is 370 g/mol. The predicted octanol–water partition coefficient (Wildman–Crippen LogP) is 3.27. The number of amides is 2. The van der Waals surface area contributed by atoms with E-state index in [0.29, 0.717) is 23.6 Å². The van der Waals surface area contributed by atoms with Crippen LogP contribution in [0, 0.1) is 0 Å². The quantitative estimate of drug-likeness (QED) is 0.823. The number of nitrogens with zero attached hydrogens (tertiary/aromatic N) is 1. The summed E-state index contributed by atoms with van der Waals surface area (Å²) >= 11 is 9.60. The first kappa shape index (κ1) is 14.9. The smallest absolute Gasteiger partial charge is 0.253 e. The molecule has 0 atom stereocenters. The lowest BCUT2D eigenvalue weighted by Gasteiger charge is -2.44.